The molecule has 5 heteroatoms. The van der Waals surface area contributed by atoms with Crippen LogP contribution in [0.3, 0.4) is 0 Å². The van der Waals surface area contributed by atoms with E-state index in [1.54, 1.807) is 0 Å². The first kappa shape index (κ1) is 15.0. The van der Waals surface area contributed by atoms with E-state index in [4.69, 9.17) is 19.9 Å². The molecule has 0 spiro atoms. The molecule has 0 radical (unpaired) electrons. The Labute approximate surface area is 130 Å². The van der Waals surface area contributed by atoms with Gasteiger partial charge in [-0.05, 0) is 31.0 Å². The highest BCUT2D eigenvalue weighted by molar-refractivity contribution is 8.00. The highest BCUT2D eigenvalue weighted by atomic mass is 32.2. The predicted molar refractivity (Wildman–Crippen MR) is 85.3 cm³/mol. The van der Waals surface area contributed by atoms with Gasteiger partial charge in [-0.2, -0.15) is 11.8 Å². The molecule has 0 aromatic heterocycles. The third-order valence-corrected chi connectivity index (χ3v) is 5.59. The topological polar surface area (TPSA) is 53.7 Å². The molecule has 2 aliphatic heterocycles. The monoisotopic (exact) mass is 309 g/mol. The quantitative estimate of drug-likeness (QED) is 0.927. The molecule has 0 amide bonds. The van der Waals surface area contributed by atoms with Crippen LogP contribution in [0.5, 0.6) is 11.5 Å². The Balaban J connectivity index is 1.61. The molecule has 116 valence electrons. The van der Waals surface area contributed by atoms with Gasteiger partial charge in [-0.25, -0.2) is 0 Å². The van der Waals surface area contributed by atoms with Gasteiger partial charge in [0.25, 0.3) is 0 Å². The normalized spacial score (nSPS) is 26.4. The fraction of sp³-hybridized carbons (Fsp3) is 0.625. The average Bonchev–Trinajstić information content (AvgIpc) is 2.76. The van der Waals surface area contributed by atoms with Gasteiger partial charge in [-0.1, -0.05) is 6.07 Å². The Kier molecular flexibility index (Phi) is 4.93. The van der Waals surface area contributed by atoms with E-state index in [9.17, 15) is 0 Å². The summed E-state index contributed by atoms with van der Waals surface area (Å²) in [5, 5.41) is 0.566. The van der Waals surface area contributed by atoms with Crippen LogP contribution < -0.4 is 15.2 Å². The summed E-state index contributed by atoms with van der Waals surface area (Å²) in [6, 6.07) is 6.07. The maximum Gasteiger partial charge on any atom is 0.161 e. The van der Waals surface area contributed by atoms with Crippen molar-refractivity contribution in [2.24, 2.45) is 5.73 Å². The second-order valence-electron chi connectivity index (χ2n) is 5.60. The summed E-state index contributed by atoms with van der Waals surface area (Å²) < 4.78 is 17.0. The first-order valence-electron chi connectivity index (χ1n) is 7.62. The van der Waals surface area contributed by atoms with E-state index >= 15 is 0 Å². The molecule has 2 N–H and O–H groups in total. The number of hydrogen-bond acceptors (Lipinski definition) is 5. The molecule has 1 aromatic carbocycles. The van der Waals surface area contributed by atoms with E-state index in [0.29, 0.717) is 24.6 Å². The number of benzene rings is 1. The van der Waals surface area contributed by atoms with Gasteiger partial charge in [-0.3, -0.25) is 0 Å². The molecule has 1 saturated heterocycles. The zero-order valence-electron chi connectivity index (χ0n) is 12.4. The summed E-state index contributed by atoms with van der Waals surface area (Å²) in [6.07, 6.45) is 2.39. The molecule has 2 aliphatic rings. The van der Waals surface area contributed by atoms with Crippen LogP contribution in [0.25, 0.3) is 0 Å². The van der Waals surface area contributed by atoms with Crippen molar-refractivity contribution in [3.05, 3.63) is 23.8 Å². The van der Waals surface area contributed by atoms with Crippen LogP contribution >= 0.6 is 11.8 Å². The first-order chi connectivity index (χ1) is 10.2. The molecular weight excluding hydrogens is 286 g/mol. The molecule has 3 unspecified atom stereocenters. The average molecular weight is 309 g/mol. The molecule has 1 fully saturated rings. The smallest absolute Gasteiger partial charge is 0.161 e. The van der Waals surface area contributed by atoms with Crippen molar-refractivity contribution in [3.63, 3.8) is 0 Å². The summed E-state index contributed by atoms with van der Waals surface area (Å²) in [7, 11) is 0. The Hall–Kier alpha value is -0.910. The Morgan fingerprint density at radius 2 is 2.05 bits per heavy atom. The number of nitrogens with two attached hydrogens (primary N) is 1. The molecule has 3 atom stereocenters. The zero-order valence-corrected chi connectivity index (χ0v) is 13.2. The van der Waals surface area contributed by atoms with E-state index in [1.807, 2.05) is 30.0 Å². The van der Waals surface area contributed by atoms with Crippen molar-refractivity contribution in [3.8, 4) is 11.5 Å². The lowest BCUT2D eigenvalue weighted by Crippen LogP contribution is -2.19. The van der Waals surface area contributed by atoms with E-state index in [0.717, 1.165) is 42.3 Å². The SMILES string of the molecule is CC1OCCC1SCC(N)c1ccc2c(c1)OCCCO2. The Bertz CT molecular complexity index is 483. The van der Waals surface area contributed by atoms with E-state index in [2.05, 4.69) is 6.92 Å². The van der Waals surface area contributed by atoms with Crippen LogP contribution in [0.4, 0.5) is 0 Å². The first-order valence-corrected chi connectivity index (χ1v) is 8.67. The molecule has 0 bridgehead atoms. The minimum atomic E-state index is 0.0138. The van der Waals surface area contributed by atoms with E-state index < -0.39 is 0 Å². The lowest BCUT2D eigenvalue weighted by Gasteiger charge is -2.18. The van der Waals surface area contributed by atoms with Crippen molar-refractivity contribution in [1.82, 2.24) is 0 Å². The van der Waals surface area contributed by atoms with Crippen LogP contribution in [0.15, 0.2) is 18.2 Å². The van der Waals surface area contributed by atoms with Crippen LogP contribution in [0.2, 0.25) is 0 Å². The molecule has 2 heterocycles. The number of fused-ring (bicyclic) bond motifs is 1. The van der Waals surface area contributed by atoms with Crippen LogP contribution in [0.1, 0.15) is 31.4 Å². The predicted octanol–water partition coefficient (Wildman–Crippen LogP) is 2.76. The Morgan fingerprint density at radius 1 is 1.24 bits per heavy atom. The summed E-state index contributed by atoms with van der Waals surface area (Å²) in [4.78, 5) is 0. The van der Waals surface area contributed by atoms with Crippen molar-refractivity contribution in [2.75, 3.05) is 25.6 Å². The molecule has 0 saturated carbocycles. The molecule has 4 nitrogen and oxygen atoms in total. The summed E-state index contributed by atoms with van der Waals surface area (Å²) in [5.41, 5.74) is 7.44. The van der Waals surface area contributed by atoms with Gasteiger partial charge in [0.15, 0.2) is 11.5 Å². The number of ether oxygens (including phenoxy) is 3. The molecule has 21 heavy (non-hydrogen) atoms. The lowest BCUT2D eigenvalue weighted by atomic mass is 10.1. The second kappa shape index (κ2) is 6.90. The highest BCUT2D eigenvalue weighted by Gasteiger charge is 2.25. The zero-order chi connectivity index (χ0) is 14.7. The van der Waals surface area contributed by atoms with Gasteiger partial charge in [0, 0.05) is 30.1 Å². The molecular formula is C16H23NO3S. The summed E-state index contributed by atoms with van der Waals surface area (Å²) in [6.45, 7) is 4.44. The van der Waals surface area contributed by atoms with Crippen LogP contribution in [0, 0.1) is 0 Å². The van der Waals surface area contributed by atoms with Gasteiger partial charge in [0.05, 0.1) is 19.3 Å². The van der Waals surface area contributed by atoms with Crippen molar-refractivity contribution in [1.29, 1.82) is 0 Å². The lowest BCUT2D eigenvalue weighted by molar-refractivity contribution is 0.127. The maximum absolute atomic E-state index is 6.33. The van der Waals surface area contributed by atoms with E-state index in [-0.39, 0.29) is 6.04 Å². The van der Waals surface area contributed by atoms with Gasteiger partial charge >= 0.3 is 0 Å². The van der Waals surface area contributed by atoms with Crippen molar-refractivity contribution >= 4 is 11.8 Å². The fourth-order valence-corrected chi connectivity index (χ4v) is 3.92. The number of rotatable bonds is 4. The van der Waals surface area contributed by atoms with E-state index in [1.165, 1.54) is 0 Å². The standard InChI is InChI=1S/C16H23NO3S/c1-11-16(5-8-18-11)21-10-13(17)12-3-4-14-15(9-12)20-7-2-6-19-14/h3-4,9,11,13,16H,2,5-8,10,17H2,1H3. The fourth-order valence-electron chi connectivity index (χ4n) is 2.66. The molecule has 1 aromatic rings. The van der Waals surface area contributed by atoms with Gasteiger partial charge in [0.1, 0.15) is 0 Å². The van der Waals surface area contributed by atoms with Gasteiger partial charge in [0.2, 0.25) is 0 Å². The van der Waals surface area contributed by atoms with Crippen LogP contribution in [-0.2, 0) is 4.74 Å². The summed E-state index contributed by atoms with van der Waals surface area (Å²) in [5.74, 6) is 2.55. The van der Waals surface area contributed by atoms with Gasteiger partial charge < -0.3 is 19.9 Å². The molecule has 3 rings (SSSR count). The highest BCUT2D eigenvalue weighted by Crippen LogP contribution is 2.34. The van der Waals surface area contributed by atoms with Crippen molar-refractivity contribution < 1.29 is 14.2 Å². The minimum Gasteiger partial charge on any atom is -0.490 e. The second-order valence-corrected chi connectivity index (χ2v) is 6.87. The minimum absolute atomic E-state index is 0.0138. The van der Waals surface area contributed by atoms with Crippen LogP contribution in [-0.4, -0.2) is 36.9 Å². The maximum atomic E-state index is 6.33. The van der Waals surface area contributed by atoms with Crippen molar-refractivity contribution in [2.45, 2.75) is 37.2 Å². The molecule has 0 aliphatic carbocycles. The third kappa shape index (κ3) is 3.65. The number of thioether (sulfide) groups is 1. The third-order valence-electron chi connectivity index (χ3n) is 4.00. The summed E-state index contributed by atoms with van der Waals surface area (Å²) >= 11 is 1.91. The van der Waals surface area contributed by atoms with Gasteiger partial charge in [-0.15, -0.1) is 0 Å². The largest absolute Gasteiger partial charge is 0.490 e. The Morgan fingerprint density at radius 3 is 2.81 bits per heavy atom. The number of hydrogen-bond donors (Lipinski definition) is 1.